The van der Waals surface area contributed by atoms with E-state index in [-0.39, 0.29) is 74.2 Å². The lowest BCUT2D eigenvalue weighted by molar-refractivity contribution is -0.132. The number of ether oxygens (including phenoxy) is 1. The SMILES string of the molecule is CN(C)S(=O)(=O)N1CCN(C(=O)CC[C@@H]2CC/C=C/[C@H](O)[C@@H]3CC[C@H]3CN3C[C@@]4(CCCc5cc(Cl)ccc54)COc4ccc(cc43)C(=O)NS2(=O)=O)CC1. The highest BCUT2D eigenvalue weighted by atomic mass is 35.5. The molecular formula is C39H52ClN5O8S2. The molecule has 3 heterocycles. The molecule has 1 saturated carbocycles. The van der Waals surface area contributed by atoms with Crippen LogP contribution in [0.15, 0.2) is 48.6 Å². The van der Waals surface area contributed by atoms with E-state index in [1.54, 1.807) is 29.2 Å². The van der Waals surface area contributed by atoms with Gasteiger partial charge in [-0.1, -0.05) is 29.8 Å². The van der Waals surface area contributed by atoms with Crippen LogP contribution in [0.1, 0.15) is 72.9 Å². The molecule has 16 heteroatoms. The molecule has 13 nitrogen and oxygen atoms in total. The summed E-state index contributed by atoms with van der Waals surface area (Å²) in [5.74, 6) is -0.183. The van der Waals surface area contributed by atoms with Crippen molar-refractivity contribution in [2.24, 2.45) is 11.8 Å². The highest BCUT2D eigenvalue weighted by Crippen LogP contribution is 2.47. The Morgan fingerprint density at radius 2 is 1.87 bits per heavy atom. The normalized spacial score (nSPS) is 29.3. The minimum atomic E-state index is -4.25. The molecule has 7 rings (SSSR count). The number of hydrogen-bond donors (Lipinski definition) is 2. The molecule has 5 atom stereocenters. The maximum Gasteiger partial charge on any atom is 0.281 e. The van der Waals surface area contributed by atoms with Gasteiger partial charge in [-0.3, -0.25) is 9.59 Å². The van der Waals surface area contributed by atoms with Crippen LogP contribution in [-0.2, 0) is 36.9 Å². The van der Waals surface area contributed by atoms with Crippen molar-refractivity contribution in [3.05, 3.63) is 70.3 Å². The molecule has 5 aliphatic rings. The Labute approximate surface area is 329 Å². The summed E-state index contributed by atoms with van der Waals surface area (Å²) >= 11 is 6.42. The number of nitrogens with zero attached hydrogens (tertiary/aromatic N) is 4. The van der Waals surface area contributed by atoms with Crippen molar-refractivity contribution in [3.63, 3.8) is 0 Å². The van der Waals surface area contributed by atoms with Crippen LogP contribution in [-0.4, -0.2) is 119 Å². The largest absolute Gasteiger partial charge is 0.490 e. The van der Waals surface area contributed by atoms with E-state index in [2.05, 4.69) is 15.7 Å². The van der Waals surface area contributed by atoms with Crippen molar-refractivity contribution >= 4 is 49.3 Å². The summed E-state index contributed by atoms with van der Waals surface area (Å²) < 4.78 is 64.2. The maximum atomic E-state index is 13.9. The van der Waals surface area contributed by atoms with E-state index >= 15 is 0 Å². The van der Waals surface area contributed by atoms with Gasteiger partial charge in [-0.2, -0.15) is 17.0 Å². The van der Waals surface area contributed by atoms with E-state index in [4.69, 9.17) is 16.3 Å². The minimum absolute atomic E-state index is 0.0284. The first-order valence-electron chi connectivity index (χ1n) is 19.3. The molecule has 1 spiro atoms. The van der Waals surface area contributed by atoms with Gasteiger partial charge in [0, 0.05) is 75.8 Å². The molecule has 2 aliphatic carbocycles. The number of rotatable bonds is 5. The summed E-state index contributed by atoms with van der Waals surface area (Å²) in [6.07, 6.45) is 7.88. The zero-order valence-corrected chi connectivity index (χ0v) is 33.9. The topological polar surface area (TPSA) is 157 Å². The van der Waals surface area contributed by atoms with Gasteiger partial charge in [-0.05, 0) is 105 Å². The summed E-state index contributed by atoms with van der Waals surface area (Å²) in [6, 6.07) is 11.1. The molecule has 0 aromatic heterocycles. The Kier molecular flexibility index (Phi) is 11.6. The number of aryl methyl sites for hydroxylation is 1. The first-order chi connectivity index (χ1) is 26.2. The number of carbonyl (C=O) groups excluding carboxylic acids is 2. The standard InChI is InChI=1S/C39H52ClN5O8S2/c1-42(2)55(51,52)45-20-18-43(19-21-45)37(47)16-12-31-7-3-4-8-35(46)32-13-9-29(32)24-44-25-39(17-5-6-27-22-30(40)11-14-33(27)39)26-53-36-15-10-28(23-34(36)44)38(48)41-54(31,49)50/h4,8,10-11,14-15,22-23,29,31-32,35,46H,3,5-7,9,12-13,16-21,24-26H2,1-2H3,(H,41,48)/b8-4+/t29-,31-,32+,35-,39-/m0/s1. The zero-order valence-electron chi connectivity index (χ0n) is 31.5. The first kappa shape index (κ1) is 40.0. The number of sulfonamides is 1. The number of nitrogens with one attached hydrogen (secondary N) is 1. The fraction of sp³-hybridized carbons (Fsp3) is 0.590. The smallest absolute Gasteiger partial charge is 0.281 e. The van der Waals surface area contributed by atoms with E-state index in [0.717, 1.165) is 36.4 Å². The summed E-state index contributed by atoms with van der Waals surface area (Å²) in [5, 5.41) is 11.0. The number of aliphatic hydroxyl groups excluding tert-OH is 1. The minimum Gasteiger partial charge on any atom is -0.490 e. The predicted molar refractivity (Wildman–Crippen MR) is 211 cm³/mol. The Morgan fingerprint density at radius 1 is 1.09 bits per heavy atom. The third-order valence-corrected chi connectivity index (χ3v) is 16.4. The summed E-state index contributed by atoms with van der Waals surface area (Å²) in [7, 11) is -4.94. The van der Waals surface area contributed by atoms with Crippen LogP contribution < -0.4 is 14.4 Å². The molecule has 1 saturated heterocycles. The fourth-order valence-corrected chi connectivity index (χ4v) is 11.7. The third-order valence-electron chi connectivity index (χ3n) is 12.4. The Bertz CT molecular complexity index is 2040. The fourth-order valence-electron chi connectivity index (χ4n) is 9.04. The summed E-state index contributed by atoms with van der Waals surface area (Å²) in [4.78, 5) is 30.9. The van der Waals surface area contributed by atoms with E-state index in [0.29, 0.717) is 42.6 Å². The number of carbonyl (C=O) groups is 2. The molecule has 2 amide bonds. The lowest BCUT2D eigenvalue weighted by Gasteiger charge is -2.45. The number of amides is 2. The molecule has 0 unspecified atom stereocenters. The lowest BCUT2D eigenvalue weighted by atomic mass is 9.68. The van der Waals surface area contributed by atoms with E-state index in [9.17, 15) is 31.5 Å². The average Bonchev–Trinajstić information content (AvgIpc) is 3.28. The lowest BCUT2D eigenvalue weighted by Crippen LogP contribution is -2.53. The Morgan fingerprint density at radius 3 is 2.60 bits per heavy atom. The van der Waals surface area contributed by atoms with Crippen LogP contribution in [0.2, 0.25) is 5.02 Å². The number of benzene rings is 2. The number of anilines is 1. The molecular weight excluding hydrogens is 766 g/mol. The number of piperazine rings is 1. The van der Waals surface area contributed by atoms with Crippen LogP contribution >= 0.6 is 11.6 Å². The van der Waals surface area contributed by atoms with E-state index in [1.807, 2.05) is 18.2 Å². The quantitative estimate of drug-likeness (QED) is 0.430. The van der Waals surface area contributed by atoms with Gasteiger partial charge in [-0.25, -0.2) is 13.1 Å². The van der Waals surface area contributed by atoms with E-state index in [1.165, 1.54) is 29.5 Å². The van der Waals surface area contributed by atoms with Gasteiger partial charge in [0.2, 0.25) is 15.9 Å². The van der Waals surface area contributed by atoms with Crippen molar-refractivity contribution in [1.82, 2.24) is 18.2 Å². The molecule has 2 aromatic rings. The first-order valence-corrected chi connectivity index (χ1v) is 22.7. The van der Waals surface area contributed by atoms with Crippen LogP contribution in [0.25, 0.3) is 0 Å². The highest BCUT2D eigenvalue weighted by molar-refractivity contribution is 7.90. The van der Waals surface area contributed by atoms with Gasteiger partial charge < -0.3 is 19.6 Å². The number of fused-ring (bicyclic) bond motifs is 4. The van der Waals surface area contributed by atoms with Gasteiger partial charge in [0.1, 0.15) is 5.75 Å². The third kappa shape index (κ3) is 8.29. The zero-order chi connectivity index (χ0) is 39.1. The number of halogens is 1. The van der Waals surface area contributed by atoms with Crippen LogP contribution in [0.5, 0.6) is 5.75 Å². The monoisotopic (exact) mass is 817 g/mol. The number of aliphatic hydroxyl groups is 1. The van der Waals surface area contributed by atoms with Gasteiger partial charge in [0.05, 0.1) is 23.6 Å². The maximum absolute atomic E-state index is 13.9. The van der Waals surface area contributed by atoms with Crippen molar-refractivity contribution in [2.45, 2.75) is 74.6 Å². The second kappa shape index (κ2) is 16.0. The van der Waals surface area contributed by atoms with Crippen LogP contribution in [0, 0.1) is 11.8 Å². The highest BCUT2D eigenvalue weighted by Gasteiger charge is 2.44. The Balaban J connectivity index is 1.13. The van der Waals surface area contributed by atoms with Gasteiger partial charge in [-0.15, -0.1) is 0 Å². The number of hydrogen-bond acceptors (Lipinski definition) is 9. The van der Waals surface area contributed by atoms with Crippen LogP contribution in [0.4, 0.5) is 5.69 Å². The van der Waals surface area contributed by atoms with Crippen molar-refractivity contribution < 1.29 is 36.3 Å². The molecule has 3 aliphatic heterocycles. The van der Waals surface area contributed by atoms with Crippen molar-refractivity contribution in [3.8, 4) is 5.75 Å². The van der Waals surface area contributed by atoms with Crippen molar-refractivity contribution in [2.75, 3.05) is 64.9 Å². The predicted octanol–water partition coefficient (Wildman–Crippen LogP) is 3.71. The number of allylic oxidation sites excluding steroid dienone is 1. The summed E-state index contributed by atoms with van der Waals surface area (Å²) in [5.41, 5.74) is 2.99. The summed E-state index contributed by atoms with van der Waals surface area (Å²) in [6.45, 7) is 2.40. The molecule has 2 fully saturated rings. The molecule has 0 radical (unpaired) electrons. The molecule has 300 valence electrons. The van der Waals surface area contributed by atoms with Crippen LogP contribution in [0.3, 0.4) is 0 Å². The van der Waals surface area contributed by atoms with Crippen molar-refractivity contribution in [1.29, 1.82) is 0 Å². The molecule has 2 bridgehead atoms. The van der Waals surface area contributed by atoms with Gasteiger partial charge >= 0.3 is 0 Å². The Hall–Kier alpha value is -3.21. The molecule has 55 heavy (non-hydrogen) atoms. The van der Waals surface area contributed by atoms with Gasteiger partial charge in [0.15, 0.2) is 0 Å². The van der Waals surface area contributed by atoms with E-state index < -0.39 is 37.5 Å². The van der Waals surface area contributed by atoms with Gasteiger partial charge in [0.25, 0.3) is 16.1 Å². The average molecular weight is 818 g/mol. The second-order valence-corrected chi connectivity index (χ2v) is 20.5. The second-order valence-electron chi connectivity index (χ2n) is 16.0. The molecule has 2 aromatic carbocycles. The molecule has 2 N–H and O–H groups in total.